The number of hydrogen-bond acceptors (Lipinski definition) is 4. The maximum atomic E-state index is 12.5. The van der Waals surface area contributed by atoms with Crippen LogP contribution in [0.1, 0.15) is 62.5 Å². The third-order valence-electron chi connectivity index (χ3n) is 7.30. The van der Waals surface area contributed by atoms with E-state index < -0.39 is 12.1 Å². The van der Waals surface area contributed by atoms with Crippen molar-refractivity contribution < 1.29 is 24.2 Å². The number of nitrogens with one attached hydrogen (secondary N) is 2. The molecule has 0 bridgehead atoms. The Hall–Kier alpha value is -3.35. The van der Waals surface area contributed by atoms with E-state index in [0.29, 0.717) is 45.1 Å². The number of carbonyl (C=O) groups is 3. The van der Waals surface area contributed by atoms with Crippen LogP contribution in [0.5, 0.6) is 0 Å². The van der Waals surface area contributed by atoms with Crippen molar-refractivity contribution in [1.82, 2.24) is 10.6 Å². The normalized spacial score (nSPS) is 19.8. The predicted molar refractivity (Wildman–Crippen MR) is 133 cm³/mol. The standard InChI is InChI=1S/C28H34N2O5/c1-18(26(31)30-20-14-12-19(13-15-20)27(32)33)7-6-16-29-28(34)35-17-25-23-10-4-2-8-21(23)22-9-3-5-11-24(22)25/h2-5,8-11,18-20,25H,6-7,12-17H2,1H3,(H,29,34)(H,30,31)(H,32,33). The molecule has 2 amide bonds. The number of carboxylic acids is 1. The Morgan fingerprint density at radius 2 is 1.57 bits per heavy atom. The number of aliphatic carboxylic acids is 1. The van der Waals surface area contributed by atoms with Crippen LogP contribution in [0.3, 0.4) is 0 Å². The van der Waals surface area contributed by atoms with Crippen LogP contribution in [0.15, 0.2) is 48.5 Å². The van der Waals surface area contributed by atoms with Crippen molar-refractivity contribution in [3.05, 3.63) is 59.7 Å². The zero-order valence-electron chi connectivity index (χ0n) is 20.2. The molecular formula is C28H34N2O5. The molecule has 7 nitrogen and oxygen atoms in total. The maximum Gasteiger partial charge on any atom is 0.407 e. The fourth-order valence-electron chi connectivity index (χ4n) is 5.21. The summed E-state index contributed by atoms with van der Waals surface area (Å²) in [5.74, 6) is -1.18. The van der Waals surface area contributed by atoms with Crippen molar-refractivity contribution in [2.45, 2.75) is 57.4 Å². The SMILES string of the molecule is CC(CCCNC(=O)OCC1c2ccccc2-c2ccccc21)C(=O)NC1CCC(C(=O)O)CC1. The first-order valence-corrected chi connectivity index (χ1v) is 12.6. The van der Waals surface area contributed by atoms with Gasteiger partial charge >= 0.3 is 12.1 Å². The Labute approximate surface area is 206 Å². The quantitative estimate of drug-likeness (QED) is 0.453. The summed E-state index contributed by atoms with van der Waals surface area (Å²) in [5, 5.41) is 14.9. The van der Waals surface area contributed by atoms with Gasteiger partial charge in [-0.2, -0.15) is 0 Å². The van der Waals surface area contributed by atoms with Gasteiger partial charge in [0.15, 0.2) is 0 Å². The van der Waals surface area contributed by atoms with Crippen molar-refractivity contribution in [1.29, 1.82) is 0 Å². The van der Waals surface area contributed by atoms with Gasteiger partial charge in [0.2, 0.25) is 5.91 Å². The van der Waals surface area contributed by atoms with Crippen LogP contribution in [0.4, 0.5) is 4.79 Å². The summed E-state index contributed by atoms with van der Waals surface area (Å²) in [6.07, 6.45) is 3.51. The fourth-order valence-corrected chi connectivity index (χ4v) is 5.21. The first kappa shape index (κ1) is 24.8. The number of ether oxygens (including phenoxy) is 1. The second-order valence-electron chi connectivity index (χ2n) is 9.69. The van der Waals surface area contributed by atoms with Crippen LogP contribution in [0.2, 0.25) is 0 Å². The largest absolute Gasteiger partial charge is 0.481 e. The van der Waals surface area contributed by atoms with Crippen molar-refractivity contribution in [2.75, 3.05) is 13.2 Å². The second-order valence-corrected chi connectivity index (χ2v) is 9.69. The summed E-state index contributed by atoms with van der Waals surface area (Å²) in [6.45, 7) is 2.60. The summed E-state index contributed by atoms with van der Waals surface area (Å²) in [6, 6.07) is 16.5. The highest BCUT2D eigenvalue weighted by Gasteiger charge is 2.29. The molecule has 0 radical (unpaired) electrons. The minimum absolute atomic E-state index is 0.00934. The van der Waals surface area contributed by atoms with Gasteiger partial charge in [0.25, 0.3) is 0 Å². The molecule has 2 aromatic rings. The highest BCUT2D eigenvalue weighted by atomic mass is 16.5. The predicted octanol–water partition coefficient (Wildman–Crippen LogP) is 4.70. The summed E-state index contributed by atoms with van der Waals surface area (Å²) >= 11 is 0. The monoisotopic (exact) mass is 478 g/mol. The van der Waals surface area contributed by atoms with E-state index in [4.69, 9.17) is 9.84 Å². The molecule has 3 N–H and O–H groups in total. The molecule has 0 spiro atoms. The molecule has 0 aliphatic heterocycles. The van der Waals surface area contributed by atoms with E-state index >= 15 is 0 Å². The number of carboxylic acid groups (broad SMARTS) is 1. The van der Waals surface area contributed by atoms with Crippen LogP contribution in [-0.2, 0) is 14.3 Å². The molecule has 35 heavy (non-hydrogen) atoms. The molecule has 0 saturated heterocycles. The highest BCUT2D eigenvalue weighted by molar-refractivity contribution is 5.79. The van der Waals surface area contributed by atoms with E-state index in [1.165, 1.54) is 22.3 Å². The number of benzene rings is 2. The van der Waals surface area contributed by atoms with Crippen LogP contribution >= 0.6 is 0 Å². The zero-order valence-corrected chi connectivity index (χ0v) is 20.2. The van der Waals surface area contributed by atoms with Gasteiger partial charge in [-0.25, -0.2) is 4.79 Å². The minimum Gasteiger partial charge on any atom is -0.481 e. The molecule has 7 heteroatoms. The Morgan fingerprint density at radius 3 is 2.17 bits per heavy atom. The molecule has 2 aromatic carbocycles. The van der Waals surface area contributed by atoms with Gasteiger partial charge in [0.05, 0.1) is 5.92 Å². The maximum absolute atomic E-state index is 12.5. The zero-order chi connectivity index (χ0) is 24.8. The second kappa shape index (κ2) is 11.4. The number of rotatable bonds is 9. The topological polar surface area (TPSA) is 105 Å². The third kappa shape index (κ3) is 6.02. The lowest BCUT2D eigenvalue weighted by Crippen LogP contribution is -2.41. The molecule has 2 aliphatic carbocycles. The molecule has 4 rings (SSSR count). The molecule has 1 saturated carbocycles. The number of alkyl carbamates (subject to hydrolysis) is 1. The van der Waals surface area contributed by atoms with Crippen molar-refractivity contribution in [3.63, 3.8) is 0 Å². The minimum atomic E-state index is -0.743. The molecule has 186 valence electrons. The van der Waals surface area contributed by atoms with Crippen molar-refractivity contribution in [3.8, 4) is 11.1 Å². The van der Waals surface area contributed by atoms with Gasteiger partial charge in [0.1, 0.15) is 6.61 Å². The van der Waals surface area contributed by atoms with E-state index in [9.17, 15) is 14.4 Å². The Balaban J connectivity index is 1.15. The van der Waals surface area contributed by atoms with Crippen LogP contribution < -0.4 is 10.6 Å². The average molecular weight is 479 g/mol. The van der Waals surface area contributed by atoms with Gasteiger partial charge in [-0.05, 0) is 60.8 Å². The molecule has 2 aliphatic rings. The summed E-state index contributed by atoms with van der Waals surface area (Å²) in [7, 11) is 0. The molecular weight excluding hydrogens is 444 g/mol. The number of fused-ring (bicyclic) bond motifs is 3. The molecule has 0 aromatic heterocycles. The molecule has 1 fully saturated rings. The van der Waals surface area contributed by atoms with E-state index in [0.717, 1.165) is 0 Å². The van der Waals surface area contributed by atoms with E-state index in [1.54, 1.807) is 0 Å². The highest BCUT2D eigenvalue weighted by Crippen LogP contribution is 2.44. The van der Waals surface area contributed by atoms with E-state index in [1.807, 2.05) is 31.2 Å². The third-order valence-corrected chi connectivity index (χ3v) is 7.30. The molecule has 1 unspecified atom stereocenters. The summed E-state index contributed by atoms with van der Waals surface area (Å²) in [4.78, 5) is 35.8. The summed E-state index contributed by atoms with van der Waals surface area (Å²) < 4.78 is 5.55. The van der Waals surface area contributed by atoms with Crippen molar-refractivity contribution >= 4 is 18.0 Å². The number of carbonyl (C=O) groups excluding carboxylic acids is 2. The van der Waals surface area contributed by atoms with Gasteiger partial charge < -0.3 is 20.5 Å². The van der Waals surface area contributed by atoms with E-state index in [2.05, 4.69) is 34.9 Å². The van der Waals surface area contributed by atoms with Gasteiger partial charge in [-0.3, -0.25) is 9.59 Å². The lowest BCUT2D eigenvalue weighted by atomic mass is 9.86. The molecule has 1 atom stereocenters. The number of hydrogen-bond donors (Lipinski definition) is 3. The van der Waals surface area contributed by atoms with Gasteiger partial charge in [-0.15, -0.1) is 0 Å². The lowest BCUT2D eigenvalue weighted by molar-refractivity contribution is -0.142. The molecule has 0 heterocycles. The Morgan fingerprint density at radius 1 is 0.971 bits per heavy atom. The smallest absolute Gasteiger partial charge is 0.407 e. The first-order valence-electron chi connectivity index (χ1n) is 12.6. The Kier molecular flexibility index (Phi) is 8.06. The van der Waals surface area contributed by atoms with Crippen molar-refractivity contribution in [2.24, 2.45) is 11.8 Å². The first-order chi connectivity index (χ1) is 16.9. The Bertz CT molecular complexity index is 1020. The van der Waals surface area contributed by atoms with Crippen LogP contribution in [0.25, 0.3) is 11.1 Å². The van der Waals surface area contributed by atoms with Gasteiger partial charge in [-0.1, -0.05) is 55.5 Å². The average Bonchev–Trinajstić information content (AvgIpc) is 3.19. The lowest BCUT2D eigenvalue weighted by Gasteiger charge is -2.27. The van der Waals surface area contributed by atoms with Gasteiger partial charge in [0, 0.05) is 24.4 Å². The fraction of sp³-hybridized carbons (Fsp3) is 0.464. The summed E-state index contributed by atoms with van der Waals surface area (Å²) in [5.41, 5.74) is 4.74. The van der Waals surface area contributed by atoms with Crippen LogP contribution in [-0.4, -0.2) is 42.3 Å². The van der Waals surface area contributed by atoms with E-state index in [-0.39, 0.29) is 36.3 Å². The number of amides is 2. The van der Waals surface area contributed by atoms with Crippen LogP contribution in [0, 0.1) is 11.8 Å².